The third kappa shape index (κ3) is 8.09. The van der Waals surface area contributed by atoms with E-state index in [1.165, 1.54) is 43.2 Å². The number of benzene rings is 3. The number of alkyl halides is 3. The molecule has 0 aliphatic carbocycles. The number of likely N-dealkylation sites (tertiary alicyclic amines) is 1. The lowest BCUT2D eigenvalue weighted by Crippen LogP contribution is -2.52. The molecular weight excluding hydrogens is 683 g/mol. The van der Waals surface area contributed by atoms with Gasteiger partial charge in [0, 0.05) is 55.6 Å². The predicted octanol–water partition coefficient (Wildman–Crippen LogP) is 7.04. The molecule has 4 aromatic rings. The van der Waals surface area contributed by atoms with Crippen molar-refractivity contribution in [2.75, 3.05) is 47.6 Å². The lowest BCUT2D eigenvalue weighted by atomic mass is 9.85. The number of carbonyl (C=O) groups is 1. The van der Waals surface area contributed by atoms with Gasteiger partial charge in [-0.25, -0.2) is 4.79 Å². The second-order valence-corrected chi connectivity index (χ2v) is 12.7. The zero-order chi connectivity index (χ0) is 37.6. The summed E-state index contributed by atoms with van der Waals surface area (Å²) < 4.78 is 69.0. The average Bonchev–Trinajstić information content (AvgIpc) is 3.49. The molecule has 1 fully saturated rings. The molecule has 11 nitrogen and oxygen atoms in total. The molecule has 0 saturated carbocycles. The third-order valence-corrected chi connectivity index (χ3v) is 9.50. The molecule has 52 heavy (non-hydrogen) atoms. The number of hydrogen-bond donors (Lipinski definition) is 1. The molecule has 1 saturated heterocycles. The normalized spacial score (nSPS) is 16.2. The summed E-state index contributed by atoms with van der Waals surface area (Å²) in [5.41, 5.74) is -1.68. The fraction of sp³-hybridized carbons (Fsp3) is 0.395. The van der Waals surface area contributed by atoms with Crippen molar-refractivity contribution in [3.63, 3.8) is 0 Å². The van der Waals surface area contributed by atoms with Crippen LogP contribution in [0.2, 0.25) is 0 Å². The van der Waals surface area contributed by atoms with Gasteiger partial charge >= 0.3 is 12.1 Å². The lowest BCUT2D eigenvalue weighted by Gasteiger charge is -2.40. The number of fused-ring (bicyclic) bond motifs is 1. The zero-order valence-electron chi connectivity index (χ0n) is 29.4. The van der Waals surface area contributed by atoms with Gasteiger partial charge in [-0.05, 0) is 74.2 Å². The molecule has 14 heteroatoms. The van der Waals surface area contributed by atoms with E-state index < -0.39 is 35.3 Å². The van der Waals surface area contributed by atoms with E-state index >= 15 is 13.2 Å². The van der Waals surface area contributed by atoms with Crippen LogP contribution in [-0.4, -0.2) is 79.2 Å². The minimum absolute atomic E-state index is 0.0791. The van der Waals surface area contributed by atoms with Crippen LogP contribution in [0.5, 0.6) is 11.5 Å². The van der Waals surface area contributed by atoms with Crippen LogP contribution in [0.15, 0.2) is 72.9 Å². The number of methoxy groups -OCH3 is 3. The van der Waals surface area contributed by atoms with Crippen LogP contribution in [0, 0.1) is 16.0 Å². The van der Waals surface area contributed by atoms with Crippen molar-refractivity contribution in [2.45, 2.75) is 44.2 Å². The van der Waals surface area contributed by atoms with Gasteiger partial charge in [0.1, 0.15) is 11.5 Å². The van der Waals surface area contributed by atoms with E-state index in [-0.39, 0.29) is 54.3 Å². The van der Waals surface area contributed by atoms with Crippen molar-refractivity contribution in [3.8, 4) is 11.5 Å². The zero-order valence-corrected chi connectivity index (χ0v) is 29.4. The summed E-state index contributed by atoms with van der Waals surface area (Å²) in [6.45, 7) is 1.80. The first-order valence-electron chi connectivity index (χ1n) is 16.8. The molecule has 0 amide bonds. The largest absolute Gasteiger partial charge is 0.496 e. The molecule has 0 bridgehead atoms. The molecule has 278 valence electrons. The highest BCUT2D eigenvalue weighted by atomic mass is 19.4. The van der Waals surface area contributed by atoms with E-state index in [9.17, 15) is 20.0 Å². The lowest BCUT2D eigenvalue weighted by molar-refractivity contribution is -0.384. The van der Waals surface area contributed by atoms with Crippen molar-refractivity contribution < 1.29 is 46.9 Å². The van der Waals surface area contributed by atoms with Crippen molar-refractivity contribution in [3.05, 3.63) is 105 Å². The number of carbonyl (C=O) groups excluding carboxylic acids is 1. The maximum absolute atomic E-state index is 15.1. The Morgan fingerprint density at radius 1 is 1.04 bits per heavy atom. The Morgan fingerprint density at radius 2 is 1.69 bits per heavy atom. The first-order chi connectivity index (χ1) is 24.8. The van der Waals surface area contributed by atoms with E-state index in [4.69, 9.17) is 18.9 Å². The number of halogens is 3. The minimum atomic E-state index is -5.07. The van der Waals surface area contributed by atoms with E-state index in [1.807, 2.05) is 6.07 Å². The van der Waals surface area contributed by atoms with E-state index in [1.54, 1.807) is 61.4 Å². The Morgan fingerprint density at radius 3 is 2.25 bits per heavy atom. The summed E-state index contributed by atoms with van der Waals surface area (Å²) in [6.07, 6.45) is -0.605. The predicted molar refractivity (Wildman–Crippen MR) is 188 cm³/mol. The van der Waals surface area contributed by atoms with Gasteiger partial charge < -0.3 is 28.6 Å². The number of nitro groups is 1. The Balaban J connectivity index is 1.41. The summed E-state index contributed by atoms with van der Waals surface area (Å²) in [5, 5.41) is 23.4. The Labute approximate surface area is 299 Å². The number of esters is 1. The molecule has 5 rings (SSSR count). The standard InChI is InChI=1S/C38H42F3N3O8/c1-5-52-34(45)14-11-26-19-32(49-2)35(33(20-26)50-3)36(51-4)27-15-17-42(18-16-27)24-37(46,38(39,40)41)30-23-43(22-25-9-7-6-8-10-25)31-21-28(44(47)48)12-13-29(30)31/h6-14,19-21,23,27,36,46H,5,15-18,22,24H2,1-4H3/b14-11+. The smallest absolute Gasteiger partial charge is 0.422 e. The highest BCUT2D eigenvalue weighted by Gasteiger charge is 2.57. The van der Waals surface area contributed by atoms with Crippen molar-refractivity contribution >= 4 is 28.6 Å². The summed E-state index contributed by atoms with van der Waals surface area (Å²) in [5.74, 6) is 0.272. The second kappa shape index (κ2) is 16.2. The molecule has 2 atom stereocenters. The van der Waals surface area contributed by atoms with Crippen LogP contribution in [0.25, 0.3) is 17.0 Å². The number of nitro benzene ring substituents is 1. The Hall–Kier alpha value is -4.92. The molecular formula is C38H42F3N3O8. The summed E-state index contributed by atoms with van der Waals surface area (Å²) >= 11 is 0. The first-order valence-corrected chi connectivity index (χ1v) is 16.8. The van der Waals surface area contributed by atoms with Gasteiger partial charge in [0.15, 0.2) is 0 Å². The quantitative estimate of drug-likeness (QED) is 0.0631. The molecule has 3 aromatic carbocycles. The maximum Gasteiger partial charge on any atom is 0.422 e. The molecule has 2 heterocycles. The van der Waals surface area contributed by atoms with Crippen molar-refractivity contribution in [2.24, 2.45) is 5.92 Å². The highest BCUT2D eigenvalue weighted by Crippen LogP contribution is 2.46. The number of β-amino-alcohol motifs (C(OH)–C–C–N with tert-alkyl or cyclic N) is 1. The molecule has 1 aromatic heterocycles. The van der Waals surface area contributed by atoms with Crippen LogP contribution in [0.3, 0.4) is 0 Å². The van der Waals surface area contributed by atoms with Crippen LogP contribution in [0.1, 0.15) is 48.1 Å². The summed E-state index contributed by atoms with van der Waals surface area (Å²) in [6, 6.07) is 16.1. The van der Waals surface area contributed by atoms with Crippen LogP contribution >= 0.6 is 0 Å². The first kappa shape index (κ1) is 38.3. The van der Waals surface area contributed by atoms with E-state index in [0.29, 0.717) is 35.5 Å². The SMILES string of the molecule is CCOC(=O)/C=C/c1cc(OC)c(C(OC)C2CCN(CC(O)(c3cn(Cc4ccccc4)c4cc([N+](=O)[O-])ccc34)C(F)(F)F)CC2)c(OC)c1. The van der Waals surface area contributed by atoms with E-state index in [0.717, 1.165) is 11.6 Å². The molecule has 1 N–H and O–H groups in total. The average molecular weight is 726 g/mol. The number of nitrogens with zero attached hydrogens (tertiary/aromatic N) is 3. The number of rotatable bonds is 14. The number of piperidine rings is 1. The monoisotopic (exact) mass is 725 g/mol. The molecule has 0 radical (unpaired) electrons. The number of ether oxygens (including phenoxy) is 4. The van der Waals surface area contributed by atoms with Gasteiger partial charge in [0.2, 0.25) is 5.60 Å². The van der Waals surface area contributed by atoms with Gasteiger partial charge in [-0.1, -0.05) is 30.3 Å². The number of hydrogen-bond acceptors (Lipinski definition) is 9. The summed E-state index contributed by atoms with van der Waals surface area (Å²) in [7, 11) is 4.54. The summed E-state index contributed by atoms with van der Waals surface area (Å²) in [4.78, 5) is 24.4. The number of non-ortho nitro benzene ring substituents is 1. The molecule has 1 aliphatic rings. The van der Waals surface area contributed by atoms with Gasteiger partial charge in [-0.3, -0.25) is 15.0 Å². The van der Waals surface area contributed by atoms with E-state index in [2.05, 4.69) is 0 Å². The van der Waals surface area contributed by atoms with Crippen molar-refractivity contribution in [1.82, 2.24) is 9.47 Å². The topological polar surface area (TPSA) is 126 Å². The number of aromatic nitrogens is 1. The molecule has 1 aliphatic heterocycles. The number of aliphatic hydroxyl groups is 1. The highest BCUT2D eigenvalue weighted by molar-refractivity contribution is 5.88. The second-order valence-electron chi connectivity index (χ2n) is 12.7. The minimum Gasteiger partial charge on any atom is -0.496 e. The van der Waals surface area contributed by atoms with Gasteiger partial charge in [-0.15, -0.1) is 0 Å². The molecule has 2 unspecified atom stereocenters. The Kier molecular flexibility index (Phi) is 11.9. The van der Waals surface area contributed by atoms with Crippen LogP contribution in [0.4, 0.5) is 18.9 Å². The fourth-order valence-electron chi connectivity index (χ4n) is 6.94. The third-order valence-electron chi connectivity index (χ3n) is 9.50. The maximum atomic E-state index is 15.1. The fourth-order valence-corrected chi connectivity index (χ4v) is 6.94. The van der Waals surface area contributed by atoms with Gasteiger partial charge in [0.25, 0.3) is 5.69 Å². The van der Waals surface area contributed by atoms with Crippen LogP contribution in [-0.2, 0) is 26.4 Å². The van der Waals surface area contributed by atoms with Crippen LogP contribution < -0.4 is 9.47 Å². The van der Waals surface area contributed by atoms with Crippen molar-refractivity contribution in [1.29, 1.82) is 0 Å². The van der Waals surface area contributed by atoms with Gasteiger partial charge in [-0.2, -0.15) is 13.2 Å². The molecule has 0 spiro atoms. The van der Waals surface area contributed by atoms with Gasteiger partial charge in [0.05, 0.1) is 42.9 Å². The Bertz CT molecular complexity index is 1880.